The van der Waals surface area contributed by atoms with Gasteiger partial charge >= 0.3 is 0 Å². The lowest BCUT2D eigenvalue weighted by atomic mass is 10.0. The number of carbonyl (C=O) groups is 1. The van der Waals surface area contributed by atoms with E-state index in [1.54, 1.807) is 25.1 Å². The topological polar surface area (TPSA) is 103 Å². The minimum absolute atomic E-state index is 0.0713. The molecule has 1 N–H and O–H groups in total. The fourth-order valence-corrected chi connectivity index (χ4v) is 5.63. The number of nitrogens with zero attached hydrogens (tertiary/aromatic N) is 4. The minimum Gasteiger partial charge on any atom is -0.324 e. The Balaban J connectivity index is 1.75. The number of halogens is 3. The first kappa shape index (κ1) is 28.9. The molecule has 0 aliphatic carbocycles. The Morgan fingerprint density at radius 1 is 1.03 bits per heavy atom. The van der Waals surface area contributed by atoms with Crippen molar-refractivity contribution in [3.8, 4) is 17.1 Å². The number of nitro benzene ring substituents is 1. The molecule has 1 amide bonds. The predicted molar refractivity (Wildman–Crippen MR) is 158 cm³/mol. The highest BCUT2D eigenvalue weighted by atomic mass is 35.5. The lowest BCUT2D eigenvalue weighted by Crippen LogP contribution is -2.23. The number of amides is 1. The molecule has 202 valence electrons. The van der Waals surface area contributed by atoms with Crippen LogP contribution >= 0.6 is 46.6 Å². The van der Waals surface area contributed by atoms with Crippen LogP contribution in [0.3, 0.4) is 0 Å². The first-order valence-corrected chi connectivity index (χ1v) is 14.1. The summed E-state index contributed by atoms with van der Waals surface area (Å²) in [5.74, 6) is 0.177. The Kier molecular flexibility index (Phi) is 9.17. The van der Waals surface area contributed by atoms with Crippen LogP contribution in [-0.2, 0) is 17.6 Å². The maximum atomic E-state index is 13.1. The third kappa shape index (κ3) is 6.22. The van der Waals surface area contributed by atoms with Gasteiger partial charge in [0.05, 0.1) is 31.6 Å². The molecule has 0 saturated carbocycles. The number of hydrogen-bond donors (Lipinski definition) is 1. The number of hydrogen-bond acceptors (Lipinski definition) is 6. The van der Waals surface area contributed by atoms with Crippen molar-refractivity contribution in [1.29, 1.82) is 0 Å². The number of nitro groups is 1. The van der Waals surface area contributed by atoms with Crippen LogP contribution in [0.1, 0.15) is 31.9 Å². The first-order valence-electron chi connectivity index (χ1n) is 12.1. The lowest BCUT2D eigenvalue weighted by molar-refractivity contribution is -0.384. The number of para-hydroxylation sites is 1. The molecule has 0 bridgehead atoms. The summed E-state index contributed by atoms with van der Waals surface area (Å²) in [5.41, 5.74) is 3.90. The molecule has 4 aromatic rings. The largest absolute Gasteiger partial charge is 0.324 e. The second-order valence-electron chi connectivity index (χ2n) is 8.57. The van der Waals surface area contributed by atoms with E-state index in [1.807, 2.05) is 10.6 Å². The van der Waals surface area contributed by atoms with Crippen LogP contribution in [-0.4, -0.2) is 30.8 Å². The van der Waals surface area contributed by atoms with Gasteiger partial charge in [-0.05, 0) is 55.2 Å². The Hall–Kier alpha value is -3.11. The second-order valence-corrected chi connectivity index (χ2v) is 11.1. The molecule has 0 spiro atoms. The molecular weight excluding hydrogens is 581 g/mol. The normalized spacial score (nSPS) is 11.8. The molecule has 1 unspecified atom stereocenters. The number of thioether (sulfide) groups is 1. The molecule has 0 aliphatic heterocycles. The summed E-state index contributed by atoms with van der Waals surface area (Å²) in [7, 11) is 0. The molecule has 0 saturated heterocycles. The number of carbonyl (C=O) groups excluding carboxylic acids is 1. The zero-order valence-corrected chi connectivity index (χ0v) is 24.3. The zero-order chi connectivity index (χ0) is 28.3. The predicted octanol–water partition coefficient (Wildman–Crippen LogP) is 8.05. The molecule has 12 heteroatoms. The molecule has 1 heterocycles. The van der Waals surface area contributed by atoms with Crippen molar-refractivity contribution < 1.29 is 9.72 Å². The van der Waals surface area contributed by atoms with E-state index in [0.29, 0.717) is 26.6 Å². The number of nitrogens with one attached hydrogen (secondary N) is 1. The van der Waals surface area contributed by atoms with Crippen molar-refractivity contribution in [3.63, 3.8) is 0 Å². The Morgan fingerprint density at radius 3 is 2.31 bits per heavy atom. The molecule has 0 aliphatic rings. The Bertz CT molecular complexity index is 1540. The van der Waals surface area contributed by atoms with E-state index in [4.69, 9.17) is 34.8 Å². The van der Waals surface area contributed by atoms with Crippen LogP contribution < -0.4 is 5.32 Å². The van der Waals surface area contributed by atoms with Crippen LogP contribution in [0.5, 0.6) is 0 Å². The van der Waals surface area contributed by atoms with Crippen molar-refractivity contribution in [2.24, 2.45) is 0 Å². The molecule has 8 nitrogen and oxygen atoms in total. The average molecular weight is 605 g/mol. The van der Waals surface area contributed by atoms with E-state index < -0.39 is 10.2 Å². The fraction of sp³-hybridized carbons (Fsp3) is 0.222. The zero-order valence-electron chi connectivity index (χ0n) is 21.2. The van der Waals surface area contributed by atoms with Gasteiger partial charge < -0.3 is 5.32 Å². The van der Waals surface area contributed by atoms with Crippen molar-refractivity contribution in [1.82, 2.24) is 14.8 Å². The Labute approximate surface area is 244 Å². The highest BCUT2D eigenvalue weighted by molar-refractivity contribution is 8.00. The SMILES string of the molecule is CCc1cccc(CC)c1-n1c(SC(C)C(=O)Nc2ccc([N+](=O)[O-])cc2Cl)nnc1-c1ccc(Cl)cc1Cl. The molecule has 0 fully saturated rings. The number of rotatable bonds is 9. The molecular formula is C27H24Cl3N5O3S. The Morgan fingerprint density at radius 2 is 1.72 bits per heavy atom. The van der Waals surface area contributed by atoms with Gasteiger partial charge in [0.25, 0.3) is 5.69 Å². The number of benzene rings is 3. The van der Waals surface area contributed by atoms with E-state index >= 15 is 0 Å². The summed E-state index contributed by atoms with van der Waals surface area (Å²) in [5, 5.41) is 23.6. The minimum atomic E-state index is -0.619. The molecule has 1 atom stereocenters. The van der Waals surface area contributed by atoms with Crippen molar-refractivity contribution in [3.05, 3.63) is 90.9 Å². The molecule has 4 rings (SSSR count). The smallest absolute Gasteiger partial charge is 0.271 e. The van der Waals surface area contributed by atoms with Crippen LogP contribution in [0.2, 0.25) is 15.1 Å². The van der Waals surface area contributed by atoms with Crippen LogP contribution in [0.15, 0.2) is 59.8 Å². The van der Waals surface area contributed by atoms with E-state index in [-0.39, 0.29) is 22.3 Å². The first-order chi connectivity index (χ1) is 18.6. The van der Waals surface area contributed by atoms with E-state index in [9.17, 15) is 14.9 Å². The third-order valence-corrected chi connectivity index (χ3v) is 7.97. The fourth-order valence-electron chi connectivity index (χ4n) is 4.06. The van der Waals surface area contributed by atoms with Crippen LogP contribution in [0.4, 0.5) is 11.4 Å². The quantitative estimate of drug-likeness (QED) is 0.118. The standard InChI is InChI=1S/C27H24Cl3N5O3S/c1-4-16-7-6-8-17(5-2)24(16)34-25(20-11-9-18(28)13-21(20)29)32-33-27(34)39-15(3)26(36)31-23-12-10-19(35(37)38)14-22(23)30/h6-15H,4-5H2,1-3H3,(H,31,36). The van der Waals surface area contributed by atoms with Gasteiger partial charge in [-0.1, -0.05) is 78.6 Å². The van der Waals surface area contributed by atoms with Crippen LogP contribution in [0.25, 0.3) is 17.1 Å². The van der Waals surface area contributed by atoms with Gasteiger partial charge in [0.15, 0.2) is 11.0 Å². The van der Waals surface area contributed by atoms with Gasteiger partial charge in [0, 0.05) is 22.7 Å². The van der Waals surface area contributed by atoms with E-state index in [0.717, 1.165) is 29.7 Å². The maximum Gasteiger partial charge on any atom is 0.271 e. The van der Waals surface area contributed by atoms with Gasteiger partial charge in [0.1, 0.15) is 0 Å². The molecule has 0 radical (unpaired) electrons. The van der Waals surface area contributed by atoms with Crippen molar-refractivity contribution >= 4 is 63.8 Å². The summed E-state index contributed by atoms with van der Waals surface area (Å²) in [6.07, 6.45) is 1.54. The number of aromatic nitrogens is 3. The highest BCUT2D eigenvalue weighted by Gasteiger charge is 2.26. The summed E-state index contributed by atoms with van der Waals surface area (Å²) >= 11 is 20.1. The van der Waals surface area contributed by atoms with Crippen LogP contribution in [0, 0.1) is 10.1 Å². The summed E-state index contributed by atoms with van der Waals surface area (Å²) in [6, 6.07) is 15.2. The summed E-state index contributed by atoms with van der Waals surface area (Å²) in [4.78, 5) is 23.6. The van der Waals surface area contributed by atoms with E-state index in [1.165, 1.54) is 30.0 Å². The number of aryl methyl sites for hydroxylation is 2. The van der Waals surface area contributed by atoms with Gasteiger partial charge in [-0.2, -0.15) is 0 Å². The molecule has 39 heavy (non-hydrogen) atoms. The maximum absolute atomic E-state index is 13.1. The molecule has 1 aromatic heterocycles. The van der Waals surface area contributed by atoms with Crippen molar-refractivity contribution in [2.75, 3.05) is 5.32 Å². The molecule has 3 aromatic carbocycles. The second kappa shape index (κ2) is 12.4. The van der Waals surface area contributed by atoms with Gasteiger partial charge in [-0.15, -0.1) is 10.2 Å². The van der Waals surface area contributed by atoms with Gasteiger partial charge in [0.2, 0.25) is 5.91 Å². The summed E-state index contributed by atoms with van der Waals surface area (Å²) in [6.45, 7) is 5.89. The third-order valence-electron chi connectivity index (χ3n) is 6.07. The van der Waals surface area contributed by atoms with Crippen molar-refractivity contribution in [2.45, 2.75) is 44.0 Å². The average Bonchev–Trinajstić information content (AvgIpc) is 3.31. The lowest BCUT2D eigenvalue weighted by Gasteiger charge is -2.19. The number of non-ortho nitro benzene ring substituents is 1. The van der Waals surface area contributed by atoms with E-state index in [2.05, 4.69) is 41.5 Å². The monoisotopic (exact) mass is 603 g/mol. The highest BCUT2D eigenvalue weighted by Crippen LogP contribution is 2.37. The van der Waals surface area contributed by atoms with Gasteiger partial charge in [-0.25, -0.2) is 0 Å². The summed E-state index contributed by atoms with van der Waals surface area (Å²) < 4.78 is 1.94. The van der Waals surface area contributed by atoms with Gasteiger partial charge in [-0.3, -0.25) is 19.5 Å². The number of anilines is 1.